The fraction of sp³-hybridized carbons (Fsp3) is 0.579. The molecule has 0 radical (unpaired) electrons. The Balaban J connectivity index is 2.04. The number of amides is 1. The quantitative estimate of drug-likeness (QED) is 0.858. The van der Waals surface area contributed by atoms with E-state index >= 15 is 0 Å². The summed E-state index contributed by atoms with van der Waals surface area (Å²) < 4.78 is 7.49. The van der Waals surface area contributed by atoms with E-state index in [1.807, 2.05) is 28.9 Å². The second-order valence-electron chi connectivity index (χ2n) is 7.98. The third kappa shape index (κ3) is 3.95. The fourth-order valence-electron chi connectivity index (χ4n) is 3.68. The van der Waals surface area contributed by atoms with Crippen molar-refractivity contribution in [3.63, 3.8) is 0 Å². The number of hydrogen-bond donors (Lipinski definition) is 1. The van der Waals surface area contributed by atoms with Crippen LogP contribution in [0.5, 0.6) is 5.75 Å². The summed E-state index contributed by atoms with van der Waals surface area (Å²) in [4.78, 5) is 13.9. The highest BCUT2D eigenvalue weighted by Gasteiger charge is 2.35. The van der Waals surface area contributed by atoms with Crippen LogP contribution in [0.2, 0.25) is 0 Å². The molecule has 1 amide bonds. The number of primary amides is 1. The minimum atomic E-state index is -0.259. The van der Waals surface area contributed by atoms with E-state index in [4.69, 9.17) is 10.5 Å². The number of hydrogen-bond acceptors (Lipinski definition) is 6. The Morgan fingerprint density at radius 1 is 1.26 bits per heavy atom. The van der Waals surface area contributed by atoms with Crippen LogP contribution in [0.1, 0.15) is 51.0 Å². The van der Waals surface area contributed by atoms with Crippen LogP contribution in [0.15, 0.2) is 24.3 Å². The lowest BCUT2D eigenvalue weighted by atomic mass is 9.93. The second-order valence-corrected chi connectivity index (χ2v) is 7.98. The van der Waals surface area contributed by atoms with Gasteiger partial charge in [-0.2, -0.15) is 0 Å². The highest BCUT2D eigenvalue weighted by atomic mass is 16.5. The first-order chi connectivity index (χ1) is 12.8. The first-order valence-corrected chi connectivity index (χ1v) is 9.28. The van der Waals surface area contributed by atoms with Gasteiger partial charge >= 0.3 is 0 Å². The first-order valence-electron chi connectivity index (χ1n) is 9.28. The minimum absolute atomic E-state index is 0.0711. The van der Waals surface area contributed by atoms with Crippen LogP contribution in [0.4, 0.5) is 0 Å². The molecule has 8 nitrogen and oxygen atoms in total. The summed E-state index contributed by atoms with van der Waals surface area (Å²) in [7, 11) is 1.67. The van der Waals surface area contributed by atoms with E-state index in [1.54, 1.807) is 7.11 Å². The Bertz CT molecular complexity index is 789. The summed E-state index contributed by atoms with van der Waals surface area (Å²) in [5.41, 5.74) is 6.26. The zero-order valence-corrected chi connectivity index (χ0v) is 16.4. The van der Waals surface area contributed by atoms with Crippen LogP contribution in [-0.2, 0) is 10.3 Å². The molecule has 1 aliphatic heterocycles. The van der Waals surface area contributed by atoms with Crippen molar-refractivity contribution < 1.29 is 9.53 Å². The summed E-state index contributed by atoms with van der Waals surface area (Å²) >= 11 is 0. The van der Waals surface area contributed by atoms with Crippen molar-refractivity contribution in [3.05, 3.63) is 35.7 Å². The molecule has 8 heteroatoms. The van der Waals surface area contributed by atoms with Gasteiger partial charge in [0, 0.05) is 11.5 Å². The van der Waals surface area contributed by atoms with Gasteiger partial charge in [0.15, 0.2) is 5.82 Å². The molecule has 1 saturated heterocycles. The SMILES string of the molecule is COc1ccccc1[C@H](c1nnnn1C(C)(C)C)N1CCC(C(N)=O)CC1. The third-order valence-corrected chi connectivity index (χ3v) is 5.10. The molecule has 1 fully saturated rings. The standard InChI is InChI=1S/C19H28N6O2/c1-19(2,3)25-18(21-22-23-25)16(14-7-5-6-8-15(14)27-4)24-11-9-13(10-12-24)17(20)26/h5-8,13,16H,9-12H2,1-4H3,(H2,20,26)/t16-/m1/s1. The number of benzene rings is 1. The lowest BCUT2D eigenvalue weighted by Gasteiger charge is -2.37. The number of rotatable bonds is 5. The fourth-order valence-corrected chi connectivity index (χ4v) is 3.68. The van der Waals surface area contributed by atoms with Crippen LogP contribution in [0.25, 0.3) is 0 Å². The van der Waals surface area contributed by atoms with E-state index in [-0.39, 0.29) is 23.4 Å². The molecule has 2 aromatic rings. The zero-order chi connectivity index (χ0) is 19.6. The van der Waals surface area contributed by atoms with Gasteiger partial charge in [-0.1, -0.05) is 18.2 Å². The molecule has 1 aliphatic rings. The van der Waals surface area contributed by atoms with Crippen LogP contribution in [0.3, 0.4) is 0 Å². The maximum atomic E-state index is 11.6. The molecule has 1 atom stereocenters. The van der Waals surface area contributed by atoms with E-state index in [2.05, 4.69) is 41.2 Å². The van der Waals surface area contributed by atoms with E-state index in [0.29, 0.717) is 0 Å². The number of nitrogens with two attached hydrogens (primary N) is 1. The lowest BCUT2D eigenvalue weighted by Crippen LogP contribution is -2.42. The van der Waals surface area contributed by atoms with Crippen molar-refractivity contribution in [1.29, 1.82) is 0 Å². The molecule has 0 aliphatic carbocycles. The predicted molar refractivity (Wildman–Crippen MR) is 101 cm³/mol. The van der Waals surface area contributed by atoms with E-state index in [1.165, 1.54) is 0 Å². The third-order valence-electron chi connectivity index (χ3n) is 5.10. The van der Waals surface area contributed by atoms with Gasteiger partial charge in [0.1, 0.15) is 11.8 Å². The molecule has 3 rings (SSSR count). The van der Waals surface area contributed by atoms with E-state index < -0.39 is 0 Å². The molecule has 146 valence electrons. The summed E-state index contributed by atoms with van der Waals surface area (Å²) in [6.07, 6.45) is 1.47. The number of aromatic nitrogens is 4. The Morgan fingerprint density at radius 3 is 2.52 bits per heavy atom. The van der Waals surface area contributed by atoms with Gasteiger partial charge in [0.2, 0.25) is 5.91 Å². The van der Waals surface area contributed by atoms with Crippen molar-refractivity contribution in [3.8, 4) is 5.75 Å². The number of para-hydroxylation sites is 1. The monoisotopic (exact) mass is 372 g/mol. The molecular weight excluding hydrogens is 344 g/mol. The van der Waals surface area contributed by atoms with Crippen molar-refractivity contribution >= 4 is 5.91 Å². The summed E-state index contributed by atoms with van der Waals surface area (Å²) in [6, 6.07) is 7.77. The minimum Gasteiger partial charge on any atom is -0.496 e. The molecule has 0 saturated carbocycles. The average molecular weight is 372 g/mol. The van der Waals surface area contributed by atoms with E-state index in [9.17, 15) is 4.79 Å². The summed E-state index contributed by atoms with van der Waals surface area (Å²) in [6.45, 7) is 7.71. The van der Waals surface area contributed by atoms with Crippen LogP contribution < -0.4 is 10.5 Å². The zero-order valence-electron chi connectivity index (χ0n) is 16.4. The van der Waals surface area contributed by atoms with Crippen molar-refractivity contribution in [2.75, 3.05) is 20.2 Å². The predicted octanol–water partition coefficient (Wildman–Crippen LogP) is 1.72. The van der Waals surface area contributed by atoms with Crippen LogP contribution in [-0.4, -0.2) is 51.2 Å². The van der Waals surface area contributed by atoms with Gasteiger partial charge in [0.25, 0.3) is 0 Å². The molecule has 0 bridgehead atoms. The van der Waals surface area contributed by atoms with Crippen molar-refractivity contribution in [1.82, 2.24) is 25.1 Å². The second kappa shape index (κ2) is 7.64. The number of carbonyl (C=O) groups is 1. The topological polar surface area (TPSA) is 99.2 Å². The Hall–Kier alpha value is -2.48. The number of methoxy groups -OCH3 is 1. The van der Waals surface area contributed by atoms with Gasteiger partial charge < -0.3 is 10.5 Å². The summed E-state index contributed by atoms with van der Waals surface area (Å²) in [5, 5.41) is 12.6. The van der Waals surface area contributed by atoms with Crippen molar-refractivity contribution in [2.45, 2.75) is 45.2 Å². The number of likely N-dealkylation sites (tertiary alicyclic amines) is 1. The first kappa shape index (κ1) is 19.3. The number of carbonyl (C=O) groups excluding carboxylic acids is 1. The van der Waals surface area contributed by atoms with E-state index in [0.717, 1.165) is 43.1 Å². The average Bonchev–Trinajstić information content (AvgIpc) is 3.12. The number of tetrazole rings is 1. The van der Waals surface area contributed by atoms with Gasteiger partial charge in [-0.3, -0.25) is 9.69 Å². The number of ether oxygens (including phenoxy) is 1. The van der Waals surface area contributed by atoms with Crippen LogP contribution >= 0.6 is 0 Å². The molecule has 0 unspecified atom stereocenters. The maximum Gasteiger partial charge on any atom is 0.220 e. The molecular formula is C19H28N6O2. The molecule has 1 aromatic carbocycles. The Labute approximate surface area is 159 Å². The number of piperidine rings is 1. The highest BCUT2D eigenvalue weighted by Crippen LogP contribution is 2.37. The molecule has 2 heterocycles. The number of nitrogens with zero attached hydrogens (tertiary/aromatic N) is 5. The largest absolute Gasteiger partial charge is 0.496 e. The molecule has 27 heavy (non-hydrogen) atoms. The van der Waals surface area contributed by atoms with Gasteiger partial charge in [0.05, 0.1) is 12.6 Å². The molecule has 2 N–H and O–H groups in total. The van der Waals surface area contributed by atoms with Gasteiger partial charge in [-0.15, -0.1) is 5.10 Å². The Kier molecular flexibility index (Phi) is 5.46. The lowest BCUT2D eigenvalue weighted by molar-refractivity contribution is -0.123. The highest BCUT2D eigenvalue weighted by molar-refractivity contribution is 5.76. The summed E-state index contributed by atoms with van der Waals surface area (Å²) in [5.74, 6) is 1.27. The molecule has 0 spiro atoms. The van der Waals surface area contributed by atoms with Gasteiger partial charge in [-0.05, 0) is 63.2 Å². The van der Waals surface area contributed by atoms with Crippen LogP contribution in [0, 0.1) is 5.92 Å². The normalized spacial score (nSPS) is 17.6. The van der Waals surface area contributed by atoms with Crippen molar-refractivity contribution in [2.24, 2.45) is 11.7 Å². The maximum absolute atomic E-state index is 11.6. The Morgan fingerprint density at radius 2 is 1.93 bits per heavy atom. The smallest absolute Gasteiger partial charge is 0.220 e. The molecule has 1 aromatic heterocycles. The van der Waals surface area contributed by atoms with Gasteiger partial charge in [-0.25, -0.2) is 4.68 Å².